The van der Waals surface area contributed by atoms with E-state index in [0.29, 0.717) is 43.8 Å². The third-order valence-electron chi connectivity index (χ3n) is 5.64. The largest absolute Gasteiger partial charge is 0.364 e. The molecule has 178 valence electrons. The van der Waals surface area contributed by atoms with Crippen LogP contribution in [0.4, 0.5) is 0 Å². The number of aromatic nitrogens is 1. The molecule has 1 aromatic rings. The number of rotatable bonds is 8. The predicted octanol–water partition coefficient (Wildman–Crippen LogP) is 1.83. The molecule has 31 heavy (non-hydrogen) atoms. The van der Waals surface area contributed by atoms with Gasteiger partial charge >= 0.3 is 0 Å². The zero-order valence-electron chi connectivity index (χ0n) is 18.9. The Morgan fingerprint density at radius 1 is 1.29 bits per heavy atom. The Kier molecular flexibility index (Phi) is 10.5. The number of hydrogen-bond acceptors (Lipinski definition) is 6. The fraction of sp³-hybridized carbons (Fsp3) is 0.800. The molecule has 1 atom stereocenters. The number of guanidine groups is 1. The predicted molar refractivity (Wildman–Crippen MR) is 133 cm³/mol. The molecular formula is C20H37IN6O3S. The Morgan fingerprint density at radius 2 is 2.03 bits per heavy atom. The second kappa shape index (κ2) is 12.4. The van der Waals surface area contributed by atoms with E-state index in [1.54, 1.807) is 10.4 Å². The van der Waals surface area contributed by atoms with E-state index in [0.717, 1.165) is 32.1 Å². The van der Waals surface area contributed by atoms with E-state index in [1.165, 1.54) is 19.1 Å². The zero-order chi connectivity index (χ0) is 21.6. The van der Waals surface area contributed by atoms with Crippen molar-refractivity contribution in [3.05, 3.63) is 18.0 Å². The molecule has 0 aromatic carbocycles. The van der Waals surface area contributed by atoms with Gasteiger partial charge in [0.1, 0.15) is 12.0 Å². The highest BCUT2D eigenvalue weighted by Gasteiger charge is 2.30. The minimum Gasteiger partial charge on any atom is -0.364 e. The summed E-state index contributed by atoms with van der Waals surface area (Å²) in [6.45, 7) is 12.6. The third kappa shape index (κ3) is 7.57. The summed E-state index contributed by atoms with van der Waals surface area (Å²) in [6.07, 6.45) is 3.84. The van der Waals surface area contributed by atoms with Crippen molar-refractivity contribution in [1.29, 1.82) is 0 Å². The van der Waals surface area contributed by atoms with E-state index in [2.05, 4.69) is 41.0 Å². The molecule has 3 rings (SSSR count). The summed E-state index contributed by atoms with van der Waals surface area (Å²) in [5.41, 5.74) is 0.440. The maximum atomic E-state index is 12.7. The molecule has 0 aliphatic carbocycles. The summed E-state index contributed by atoms with van der Waals surface area (Å²) in [4.78, 5) is 9.66. The van der Waals surface area contributed by atoms with Crippen molar-refractivity contribution in [3.63, 3.8) is 0 Å². The molecule has 9 nitrogen and oxygen atoms in total. The minimum absolute atomic E-state index is 0. The van der Waals surface area contributed by atoms with Gasteiger partial charge in [-0.15, -0.1) is 24.0 Å². The Balaban J connectivity index is 0.00000341. The highest BCUT2D eigenvalue weighted by molar-refractivity contribution is 14.0. The Labute approximate surface area is 203 Å². The van der Waals surface area contributed by atoms with E-state index < -0.39 is 10.0 Å². The Morgan fingerprint density at radius 3 is 2.65 bits per heavy atom. The molecule has 0 spiro atoms. The van der Waals surface area contributed by atoms with E-state index in [4.69, 9.17) is 9.52 Å². The van der Waals surface area contributed by atoms with Crippen molar-refractivity contribution < 1.29 is 12.9 Å². The van der Waals surface area contributed by atoms with Crippen LogP contribution in [0, 0.1) is 5.92 Å². The average molecular weight is 569 g/mol. The Bertz CT molecular complexity index is 779. The number of halogens is 1. The number of nitrogens with zero attached hydrogens (tertiary/aromatic N) is 5. The van der Waals surface area contributed by atoms with Gasteiger partial charge in [0.25, 0.3) is 0 Å². The molecule has 3 heterocycles. The van der Waals surface area contributed by atoms with Gasteiger partial charge in [-0.1, -0.05) is 19.0 Å². The van der Waals surface area contributed by atoms with E-state index in [-0.39, 0.29) is 29.7 Å². The zero-order valence-corrected chi connectivity index (χ0v) is 22.0. The van der Waals surface area contributed by atoms with Crippen LogP contribution in [-0.2, 0) is 15.8 Å². The van der Waals surface area contributed by atoms with Crippen LogP contribution in [0.2, 0.25) is 0 Å². The van der Waals surface area contributed by atoms with Crippen molar-refractivity contribution in [2.75, 3.05) is 52.4 Å². The molecular weight excluding hydrogens is 531 g/mol. The second-order valence-electron chi connectivity index (χ2n) is 8.51. The lowest BCUT2D eigenvalue weighted by molar-refractivity contribution is 0.229. The standard InChI is InChI=1S/C20H36N6O3S.HI/c1-4-21-20(22-14-19-6-5-8-25(19)15-17(2)3)24-9-11-26(12-10-24)30(27,28)16-18-7-13-29-23-18;/h7,13,17,19H,4-6,8-12,14-16H2,1-3H3,(H,21,22);1H/t19-;/m1./s1. The molecule has 2 saturated heterocycles. The number of aliphatic imine (C=N–C) groups is 1. The fourth-order valence-electron chi connectivity index (χ4n) is 4.20. The second-order valence-corrected chi connectivity index (χ2v) is 10.5. The van der Waals surface area contributed by atoms with Crippen molar-refractivity contribution in [1.82, 2.24) is 24.6 Å². The van der Waals surface area contributed by atoms with Gasteiger partial charge in [-0.25, -0.2) is 8.42 Å². The van der Waals surface area contributed by atoms with Crippen molar-refractivity contribution in [2.45, 2.75) is 45.4 Å². The summed E-state index contributed by atoms with van der Waals surface area (Å²) < 4.78 is 31.6. The van der Waals surface area contributed by atoms with Gasteiger partial charge in [-0.3, -0.25) is 9.89 Å². The van der Waals surface area contributed by atoms with Crippen LogP contribution in [0.3, 0.4) is 0 Å². The molecule has 2 aliphatic rings. The molecule has 11 heteroatoms. The van der Waals surface area contributed by atoms with Crippen LogP contribution >= 0.6 is 24.0 Å². The lowest BCUT2D eigenvalue weighted by atomic mass is 10.2. The van der Waals surface area contributed by atoms with E-state index in [1.807, 2.05) is 0 Å². The smallest absolute Gasteiger partial charge is 0.220 e. The summed E-state index contributed by atoms with van der Waals surface area (Å²) in [7, 11) is -3.39. The first-order valence-corrected chi connectivity index (χ1v) is 12.6. The maximum Gasteiger partial charge on any atom is 0.220 e. The third-order valence-corrected chi connectivity index (χ3v) is 7.45. The minimum atomic E-state index is -3.39. The first kappa shape index (κ1) is 26.3. The summed E-state index contributed by atoms with van der Waals surface area (Å²) in [6, 6.07) is 2.10. The van der Waals surface area contributed by atoms with Gasteiger partial charge in [-0.05, 0) is 32.2 Å². The number of likely N-dealkylation sites (tertiary alicyclic amines) is 1. The number of sulfonamides is 1. The molecule has 0 radical (unpaired) electrons. The topological polar surface area (TPSA) is 94.3 Å². The monoisotopic (exact) mass is 568 g/mol. The van der Waals surface area contributed by atoms with Crippen LogP contribution < -0.4 is 5.32 Å². The summed E-state index contributed by atoms with van der Waals surface area (Å²) in [5.74, 6) is 1.43. The van der Waals surface area contributed by atoms with Crippen molar-refractivity contribution in [2.24, 2.45) is 10.9 Å². The Hall–Kier alpha value is -0.920. The van der Waals surface area contributed by atoms with Gasteiger partial charge in [0.15, 0.2) is 5.96 Å². The van der Waals surface area contributed by atoms with Gasteiger partial charge in [0.05, 0.1) is 12.2 Å². The molecule has 1 aromatic heterocycles. The van der Waals surface area contributed by atoms with Crippen molar-refractivity contribution >= 4 is 40.0 Å². The molecule has 0 amide bonds. The number of hydrogen-bond donors (Lipinski definition) is 1. The lowest BCUT2D eigenvalue weighted by Crippen LogP contribution is -2.54. The normalized spacial score (nSPS) is 21.5. The molecule has 1 N–H and O–H groups in total. The van der Waals surface area contributed by atoms with Crippen LogP contribution in [0.25, 0.3) is 0 Å². The highest BCUT2D eigenvalue weighted by atomic mass is 127. The molecule has 2 aliphatic heterocycles. The quantitative estimate of drug-likeness (QED) is 0.291. The number of piperazine rings is 1. The summed E-state index contributed by atoms with van der Waals surface area (Å²) >= 11 is 0. The molecule has 0 saturated carbocycles. The first-order valence-electron chi connectivity index (χ1n) is 11.0. The van der Waals surface area contributed by atoms with Crippen LogP contribution in [0.5, 0.6) is 0 Å². The van der Waals surface area contributed by atoms with Crippen LogP contribution in [-0.4, -0.2) is 92.0 Å². The van der Waals surface area contributed by atoms with Gasteiger partial charge in [-0.2, -0.15) is 4.31 Å². The van der Waals surface area contributed by atoms with Crippen molar-refractivity contribution in [3.8, 4) is 0 Å². The van der Waals surface area contributed by atoms with Crippen LogP contribution in [0.1, 0.15) is 39.3 Å². The maximum absolute atomic E-state index is 12.7. The summed E-state index contributed by atoms with van der Waals surface area (Å²) in [5, 5.41) is 7.11. The molecule has 0 unspecified atom stereocenters. The van der Waals surface area contributed by atoms with Gasteiger partial charge in [0, 0.05) is 51.4 Å². The van der Waals surface area contributed by atoms with Crippen LogP contribution in [0.15, 0.2) is 21.8 Å². The lowest BCUT2D eigenvalue weighted by Gasteiger charge is -2.36. The SMILES string of the molecule is CCNC(=NC[C@H]1CCCN1CC(C)C)N1CCN(S(=O)(=O)Cc2ccon2)CC1.I. The first-order chi connectivity index (χ1) is 14.4. The average Bonchev–Trinajstić information content (AvgIpc) is 3.36. The van der Waals surface area contributed by atoms with E-state index >= 15 is 0 Å². The number of nitrogens with one attached hydrogen (secondary N) is 1. The van der Waals surface area contributed by atoms with Gasteiger partial charge in [0.2, 0.25) is 10.0 Å². The highest BCUT2D eigenvalue weighted by Crippen LogP contribution is 2.19. The van der Waals surface area contributed by atoms with E-state index in [9.17, 15) is 8.42 Å². The molecule has 0 bridgehead atoms. The molecule has 2 fully saturated rings. The fourth-order valence-corrected chi connectivity index (χ4v) is 5.62. The van der Waals surface area contributed by atoms with Gasteiger partial charge < -0.3 is 14.7 Å².